The van der Waals surface area contributed by atoms with Gasteiger partial charge in [0.1, 0.15) is 0 Å². The largest absolute Gasteiger partial charge is 0.275 e. The molecule has 0 saturated carbocycles. The Bertz CT molecular complexity index is 952. The average Bonchev–Trinajstić information content (AvgIpc) is 2.74. The lowest BCUT2D eigenvalue weighted by atomic mass is 10.2. The number of halogens is 2. The first-order valence-corrected chi connectivity index (χ1v) is 9.64. The van der Waals surface area contributed by atoms with Crippen LogP contribution >= 0.6 is 38.5 Å². The molecule has 0 atom stereocenters. The third-order valence-electron chi connectivity index (χ3n) is 3.11. The predicted octanol–water partition coefficient (Wildman–Crippen LogP) is 3.64. The quantitative estimate of drug-likeness (QED) is 0.569. The van der Waals surface area contributed by atoms with Crippen molar-refractivity contribution in [2.24, 2.45) is 0 Å². The normalized spacial score (nSPS) is 11.8. The maximum atomic E-state index is 12.5. The number of nitrogens with zero attached hydrogens (tertiary/aromatic N) is 2. The van der Waals surface area contributed by atoms with E-state index in [1.165, 1.54) is 4.68 Å². The van der Waals surface area contributed by atoms with Crippen LogP contribution in [0.3, 0.4) is 0 Å². The van der Waals surface area contributed by atoms with Crippen LogP contribution in [0.15, 0.2) is 52.1 Å². The highest BCUT2D eigenvalue weighted by molar-refractivity contribution is 14.1. The van der Waals surface area contributed by atoms with Crippen molar-refractivity contribution in [3.8, 4) is 0 Å². The molecule has 1 N–H and O–H groups in total. The van der Waals surface area contributed by atoms with E-state index in [0.717, 1.165) is 19.0 Å². The van der Waals surface area contributed by atoms with Gasteiger partial charge in [0.05, 0.1) is 4.90 Å². The molecule has 0 aliphatic rings. The molecule has 0 radical (unpaired) electrons. The van der Waals surface area contributed by atoms with E-state index >= 15 is 0 Å². The molecular weight excluding hydrogens is 481 g/mol. The topological polar surface area (TPSA) is 64.0 Å². The summed E-state index contributed by atoms with van der Waals surface area (Å²) in [5, 5.41) is 0.876. The Hall–Kier alpha value is -1.13. The first-order valence-electron chi connectivity index (χ1n) is 6.28. The van der Waals surface area contributed by atoms with Gasteiger partial charge in [0.25, 0.3) is 10.0 Å². The lowest BCUT2D eigenvalue weighted by Crippen LogP contribution is -2.22. The zero-order valence-corrected chi connectivity index (χ0v) is 16.0. The van der Waals surface area contributed by atoms with Gasteiger partial charge in [-0.05, 0) is 63.6 Å². The van der Waals surface area contributed by atoms with E-state index in [1.807, 2.05) is 13.0 Å². The molecule has 0 spiro atoms. The summed E-state index contributed by atoms with van der Waals surface area (Å²) in [6.07, 6.45) is 3.34. The summed E-state index contributed by atoms with van der Waals surface area (Å²) in [6, 6.07) is 8.60. The number of hydrogen-bond acceptors (Lipinski definition) is 3. The van der Waals surface area contributed by atoms with E-state index in [4.69, 9.17) is 0 Å². The van der Waals surface area contributed by atoms with Gasteiger partial charge in [0.15, 0.2) is 5.65 Å². The number of rotatable bonds is 3. The van der Waals surface area contributed by atoms with Crippen LogP contribution in [0.2, 0.25) is 0 Å². The Balaban J connectivity index is 2.04. The van der Waals surface area contributed by atoms with Gasteiger partial charge in [-0.15, -0.1) is 0 Å². The van der Waals surface area contributed by atoms with Gasteiger partial charge in [-0.2, -0.15) is 8.42 Å². The van der Waals surface area contributed by atoms with Crippen molar-refractivity contribution in [1.82, 2.24) is 9.66 Å². The standard InChI is InChI=1S/C14H11BrIN3O2S/c1-9-2-4-11(5-3-9)22(20,21)18-19-8-13(16)12-6-10(15)7-17-14(12)19/h2-8,18H,1H3. The Morgan fingerprint density at radius 3 is 2.64 bits per heavy atom. The third-order valence-corrected chi connectivity index (χ3v) is 5.73. The number of aromatic nitrogens is 2. The van der Waals surface area contributed by atoms with Gasteiger partial charge in [0.2, 0.25) is 0 Å². The number of aryl methyl sites for hydroxylation is 1. The highest BCUT2D eigenvalue weighted by Crippen LogP contribution is 2.24. The van der Waals surface area contributed by atoms with Crippen molar-refractivity contribution in [3.05, 3.63) is 56.3 Å². The van der Waals surface area contributed by atoms with Gasteiger partial charge >= 0.3 is 0 Å². The van der Waals surface area contributed by atoms with Crippen molar-refractivity contribution in [3.63, 3.8) is 0 Å². The second kappa shape index (κ2) is 5.82. The number of sulfonamides is 1. The maximum absolute atomic E-state index is 12.5. The van der Waals surface area contributed by atoms with Gasteiger partial charge in [0, 0.05) is 25.8 Å². The molecule has 0 fully saturated rings. The molecular formula is C14H11BrIN3O2S. The molecule has 2 aromatic heterocycles. The summed E-state index contributed by atoms with van der Waals surface area (Å²) in [4.78, 5) is 7.04. The number of fused-ring (bicyclic) bond motifs is 1. The summed E-state index contributed by atoms with van der Waals surface area (Å²) >= 11 is 5.52. The molecule has 3 rings (SSSR count). The van der Waals surface area contributed by atoms with Crippen LogP contribution in [0.4, 0.5) is 0 Å². The number of nitrogens with one attached hydrogen (secondary N) is 1. The lowest BCUT2D eigenvalue weighted by Gasteiger charge is -2.10. The van der Waals surface area contributed by atoms with E-state index in [1.54, 1.807) is 36.7 Å². The first-order chi connectivity index (χ1) is 10.4. The maximum Gasteiger partial charge on any atom is 0.275 e. The molecule has 0 aliphatic heterocycles. The van der Waals surface area contributed by atoms with E-state index in [2.05, 4.69) is 48.3 Å². The fourth-order valence-corrected chi connectivity index (χ4v) is 4.02. The van der Waals surface area contributed by atoms with Crippen molar-refractivity contribution in [2.75, 3.05) is 4.83 Å². The van der Waals surface area contributed by atoms with Gasteiger partial charge < -0.3 is 0 Å². The highest BCUT2D eigenvalue weighted by atomic mass is 127. The molecule has 0 bridgehead atoms. The summed E-state index contributed by atoms with van der Waals surface area (Å²) in [6.45, 7) is 1.91. The molecule has 0 saturated heterocycles. The van der Waals surface area contributed by atoms with Crippen LogP contribution in [0, 0.1) is 10.5 Å². The van der Waals surface area contributed by atoms with E-state index < -0.39 is 10.0 Å². The fourth-order valence-electron chi connectivity index (χ4n) is 2.01. The molecule has 3 aromatic rings. The minimum absolute atomic E-state index is 0.215. The molecule has 114 valence electrons. The summed E-state index contributed by atoms with van der Waals surface area (Å²) in [5.41, 5.74) is 1.56. The Kier molecular flexibility index (Phi) is 4.17. The monoisotopic (exact) mass is 491 g/mol. The zero-order valence-electron chi connectivity index (χ0n) is 11.4. The van der Waals surface area contributed by atoms with E-state index in [9.17, 15) is 8.42 Å². The molecule has 0 amide bonds. The van der Waals surface area contributed by atoms with Gasteiger partial charge in [-0.25, -0.2) is 14.5 Å². The Labute approximate surface area is 150 Å². The number of benzene rings is 1. The smallest absolute Gasteiger partial charge is 0.235 e. The molecule has 22 heavy (non-hydrogen) atoms. The molecule has 8 heteroatoms. The van der Waals surface area contributed by atoms with Crippen LogP contribution < -0.4 is 4.83 Å². The Morgan fingerprint density at radius 1 is 1.27 bits per heavy atom. The first kappa shape index (κ1) is 15.8. The molecule has 5 nitrogen and oxygen atoms in total. The third kappa shape index (κ3) is 2.99. The van der Waals surface area contributed by atoms with Crippen LogP contribution in [-0.2, 0) is 10.0 Å². The number of pyridine rings is 1. The zero-order chi connectivity index (χ0) is 15.9. The van der Waals surface area contributed by atoms with Crippen molar-refractivity contribution >= 4 is 59.6 Å². The van der Waals surface area contributed by atoms with Crippen LogP contribution in [0.25, 0.3) is 11.0 Å². The second-order valence-corrected chi connectivity index (χ2v) is 8.52. The van der Waals surface area contributed by atoms with Gasteiger partial charge in [-0.3, -0.25) is 0 Å². The molecule has 2 heterocycles. The molecule has 0 unspecified atom stereocenters. The second-order valence-electron chi connectivity index (χ2n) is 4.78. The van der Waals surface area contributed by atoms with Crippen LogP contribution in [-0.4, -0.2) is 18.1 Å². The van der Waals surface area contributed by atoms with Crippen LogP contribution in [0.1, 0.15) is 5.56 Å². The lowest BCUT2D eigenvalue weighted by molar-refractivity contribution is 0.596. The SMILES string of the molecule is Cc1ccc(S(=O)(=O)Nn2cc(I)c3cc(Br)cnc32)cc1. The van der Waals surface area contributed by atoms with Crippen LogP contribution in [0.5, 0.6) is 0 Å². The van der Waals surface area contributed by atoms with Crippen molar-refractivity contribution < 1.29 is 8.42 Å². The minimum Gasteiger partial charge on any atom is -0.235 e. The minimum atomic E-state index is -3.66. The Morgan fingerprint density at radius 2 is 1.95 bits per heavy atom. The molecule has 1 aromatic carbocycles. The van der Waals surface area contributed by atoms with Crippen molar-refractivity contribution in [1.29, 1.82) is 0 Å². The van der Waals surface area contributed by atoms with Gasteiger partial charge in [-0.1, -0.05) is 17.7 Å². The summed E-state index contributed by atoms with van der Waals surface area (Å²) in [7, 11) is -3.66. The van der Waals surface area contributed by atoms with E-state index in [-0.39, 0.29) is 4.90 Å². The highest BCUT2D eigenvalue weighted by Gasteiger charge is 2.17. The predicted molar refractivity (Wildman–Crippen MR) is 97.9 cm³/mol. The number of hydrogen-bond donors (Lipinski definition) is 1. The average molecular weight is 492 g/mol. The van der Waals surface area contributed by atoms with E-state index in [0.29, 0.717) is 5.65 Å². The summed E-state index contributed by atoms with van der Waals surface area (Å²) < 4.78 is 28.1. The summed E-state index contributed by atoms with van der Waals surface area (Å²) in [5.74, 6) is 0. The fraction of sp³-hybridized carbons (Fsp3) is 0.0714. The molecule has 0 aliphatic carbocycles. The van der Waals surface area contributed by atoms with Crippen molar-refractivity contribution in [2.45, 2.75) is 11.8 Å².